The Bertz CT molecular complexity index is 1260. The van der Waals surface area contributed by atoms with E-state index in [1.807, 2.05) is 30.3 Å². The minimum absolute atomic E-state index is 0.124. The highest BCUT2D eigenvalue weighted by atomic mass is 32.2. The van der Waals surface area contributed by atoms with E-state index in [9.17, 15) is 9.00 Å². The Balaban J connectivity index is 1.60. The number of furan rings is 1. The molecule has 0 saturated heterocycles. The first kappa shape index (κ1) is 18.2. The van der Waals surface area contributed by atoms with Gasteiger partial charge in [0.1, 0.15) is 17.9 Å². The SMILES string of the molecule is CC(=O)N=S(C)(=O)CCOc1ccc2ncc(-c3cc4ccccc4o3)n2n1. The smallest absolute Gasteiger partial charge is 0.250 e. The largest absolute Gasteiger partial charge is 0.476 e. The summed E-state index contributed by atoms with van der Waals surface area (Å²) in [5.41, 5.74) is 2.13. The second kappa shape index (κ2) is 7.08. The summed E-state index contributed by atoms with van der Waals surface area (Å²) in [6.45, 7) is 1.40. The van der Waals surface area contributed by atoms with Gasteiger partial charge in [-0.25, -0.2) is 13.7 Å². The van der Waals surface area contributed by atoms with Gasteiger partial charge in [-0.1, -0.05) is 18.2 Å². The lowest BCUT2D eigenvalue weighted by atomic mass is 10.2. The highest BCUT2D eigenvalue weighted by molar-refractivity contribution is 7.93. The third-order valence-electron chi connectivity index (χ3n) is 4.05. The summed E-state index contributed by atoms with van der Waals surface area (Å²) in [5, 5.41) is 5.44. The van der Waals surface area contributed by atoms with Crippen LogP contribution in [-0.2, 0) is 14.5 Å². The van der Waals surface area contributed by atoms with Crippen molar-refractivity contribution in [2.24, 2.45) is 4.36 Å². The summed E-state index contributed by atoms with van der Waals surface area (Å²) in [4.78, 5) is 15.4. The number of hydrogen-bond donors (Lipinski definition) is 0. The molecule has 4 aromatic rings. The van der Waals surface area contributed by atoms with E-state index in [1.165, 1.54) is 13.2 Å². The van der Waals surface area contributed by atoms with Crippen LogP contribution in [0.5, 0.6) is 5.88 Å². The molecule has 9 heteroatoms. The Labute approximate surface area is 161 Å². The molecule has 1 unspecified atom stereocenters. The van der Waals surface area contributed by atoms with Crippen LogP contribution in [0.15, 0.2) is 57.4 Å². The van der Waals surface area contributed by atoms with Crippen molar-refractivity contribution in [3.05, 3.63) is 48.7 Å². The molecule has 0 saturated carbocycles. The molecule has 0 bridgehead atoms. The van der Waals surface area contributed by atoms with Crippen molar-refractivity contribution in [2.45, 2.75) is 6.92 Å². The van der Waals surface area contributed by atoms with Crippen molar-refractivity contribution >= 4 is 32.3 Å². The Morgan fingerprint density at radius 2 is 2.11 bits per heavy atom. The zero-order valence-corrected chi connectivity index (χ0v) is 16.2. The first-order chi connectivity index (χ1) is 13.4. The topological polar surface area (TPSA) is 99.1 Å². The lowest BCUT2D eigenvalue weighted by molar-refractivity contribution is -0.115. The van der Waals surface area contributed by atoms with Gasteiger partial charge in [-0.05, 0) is 18.2 Å². The van der Waals surface area contributed by atoms with E-state index in [4.69, 9.17) is 9.15 Å². The summed E-state index contributed by atoms with van der Waals surface area (Å²) in [6, 6.07) is 13.1. The van der Waals surface area contributed by atoms with Crippen LogP contribution < -0.4 is 4.74 Å². The predicted octanol–water partition coefficient (Wildman–Crippen LogP) is 3.17. The van der Waals surface area contributed by atoms with Gasteiger partial charge in [0.25, 0.3) is 5.91 Å². The van der Waals surface area contributed by atoms with Crippen molar-refractivity contribution in [1.29, 1.82) is 0 Å². The Kier molecular flexibility index (Phi) is 4.60. The zero-order valence-electron chi connectivity index (χ0n) is 15.4. The summed E-state index contributed by atoms with van der Waals surface area (Å²) in [6.07, 6.45) is 3.12. The van der Waals surface area contributed by atoms with E-state index >= 15 is 0 Å². The van der Waals surface area contributed by atoms with Gasteiger partial charge in [0.2, 0.25) is 5.88 Å². The Hall–Kier alpha value is -3.20. The van der Waals surface area contributed by atoms with Gasteiger partial charge in [-0.3, -0.25) is 4.79 Å². The van der Waals surface area contributed by atoms with E-state index in [1.54, 1.807) is 22.8 Å². The third-order valence-corrected chi connectivity index (χ3v) is 5.62. The van der Waals surface area contributed by atoms with Gasteiger partial charge < -0.3 is 9.15 Å². The molecule has 0 fully saturated rings. The van der Waals surface area contributed by atoms with E-state index in [2.05, 4.69) is 14.4 Å². The van der Waals surface area contributed by atoms with Crippen LogP contribution in [0, 0.1) is 0 Å². The second-order valence-corrected chi connectivity index (χ2v) is 8.87. The number of aromatic nitrogens is 3. The van der Waals surface area contributed by atoms with Crippen molar-refractivity contribution in [3.8, 4) is 17.3 Å². The van der Waals surface area contributed by atoms with Gasteiger partial charge >= 0.3 is 0 Å². The molecule has 144 valence electrons. The molecule has 0 N–H and O–H groups in total. The number of amides is 1. The number of fused-ring (bicyclic) bond motifs is 2. The average molecular weight is 398 g/mol. The number of para-hydroxylation sites is 1. The fraction of sp³-hybridized carbons (Fsp3) is 0.211. The maximum absolute atomic E-state index is 12.2. The van der Waals surface area contributed by atoms with E-state index in [0.717, 1.165) is 11.0 Å². The third kappa shape index (κ3) is 3.74. The van der Waals surface area contributed by atoms with Gasteiger partial charge in [0.15, 0.2) is 11.4 Å². The van der Waals surface area contributed by atoms with Crippen LogP contribution in [0.1, 0.15) is 6.92 Å². The molecule has 8 nitrogen and oxygen atoms in total. The second-order valence-electron chi connectivity index (χ2n) is 6.36. The first-order valence-electron chi connectivity index (χ1n) is 8.58. The fourth-order valence-corrected chi connectivity index (χ4v) is 3.86. The number of nitrogens with zero attached hydrogens (tertiary/aromatic N) is 4. The number of hydrogen-bond acceptors (Lipinski definition) is 6. The summed E-state index contributed by atoms with van der Waals surface area (Å²) in [7, 11) is -2.61. The lowest BCUT2D eigenvalue weighted by Crippen LogP contribution is -2.14. The van der Waals surface area contributed by atoms with E-state index in [-0.39, 0.29) is 12.4 Å². The van der Waals surface area contributed by atoms with Crippen molar-refractivity contribution in [3.63, 3.8) is 0 Å². The highest BCUT2D eigenvalue weighted by Crippen LogP contribution is 2.28. The average Bonchev–Trinajstić information content (AvgIpc) is 3.23. The van der Waals surface area contributed by atoms with Crippen LogP contribution >= 0.6 is 0 Å². The van der Waals surface area contributed by atoms with Crippen LogP contribution in [0.2, 0.25) is 0 Å². The van der Waals surface area contributed by atoms with Gasteiger partial charge in [-0.15, -0.1) is 5.10 Å². The number of imidazole rings is 1. The molecular formula is C19H18N4O4S. The molecule has 0 aliphatic heterocycles. The Morgan fingerprint density at radius 3 is 2.89 bits per heavy atom. The number of carbonyl (C=O) groups is 1. The fourth-order valence-electron chi connectivity index (χ4n) is 2.83. The van der Waals surface area contributed by atoms with Crippen molar-refractivity contribution in [2.75, 3.05) is 18.6 Å². The lowest BCUT2D eigenvalue weighted by Gasteiger charge is -2.07. The zero-order chi connectivity index (χ0) is 19.7. The molecule has 0 aliphatic carbocycles. The minimum atomic E-state index is -2.61. The van der Waals surface area contributed by atoms with Crippen molar-refractivity contribution < 1.29 is 18.2 Å². The molecule has 0 aliphatic rings. The van der Waals surface area contributed by atoms with Crippen LogP contribution in [0.25, 0.3) is 28.1 Å². The number of benzene rings is 1. The molecule has 28 heavy (non-hydrogen) atoms. The molecule has 3 heterocycles. The van der Waals surface area contributed by atoms with E-state index < -0.39 is 15.6 Å². The molecule has 1 aromatic carbocycles. The summed E-state index contributed by atoms with van der Waals surface area (Å²) >= 11 is 0. The monoisotopic (exact) mass is 398 g/mol. The van der Waals surface area contributed by atoms with Crippen LogP contribution in [0.4, 0.5) is 0 Å². The molecular weight excluding hydrogens is 380 g/mol. The number of rotatable bonds is 5. The van der Waals surface area contributed by atoms with Crippen LogP contribution in [-0.4, -0.2) is 43.3 Å². The molecule has 4 rings (SSSR count). The number of ether oxygens (including phenoxy) is 1. The maximum Gasteiger partial charge on any atom is 0.250 e. The normalized spacial score (nSPS) is 13.5. The molecule has 1 atom stereocenters. The van der Waals surface area contributed by atoms with E-state index in [0.29, 0.717) is 23.0 Å². The molecule has 1 amide bonds. The molecule has 0 spiro atoms. The predicted molar refractivity (Wildman–Crippen MR) is 106 cm³/mol. The van der Waals surface area contributed by atoms with Crippen LogP contribution in [0.3, 0.4) is 0 Å². The maximum atomic E-state index is 12.2. The molecule has 3 aromatic heterocycles. The quantitative estimate of drug-likeness (QED) is 0.512. The highest BCUT2D eigenvalue weighted by Gasteiger charge is 2.13. The molecule has 0 radical (unpaired) electrons. The summed E-state index contributed by atoms with van der Waals surface area (Å²) < 4.78 is 28.9. The summed E-state index contributed by atoms with van der Waals surface area (Å²) in [5.74, 6) is 0.671. The van der Waals surface area contributed by atoms with Gasteiger partial charge in [0, 0.05) is 24.6 Å². The van der Waals surface area contributed by atoms with Crippen molar-refractivity contribution in [1.82, 2.24) is 14.6 Å². The first-order valence-corrected chi connectivity index (χ1v) is 10.7. The standard InChI is InChI=1S/C19H18N4O4S/c1-13(24)22-28(2,25)10-9-26-19-8-7-18-20-12-15(23(18)21-19)17-11-14-5-3-4-6-16(14)27-17/h3-8,11-12H,9-10H2,1-2H3. The van der Waals surface area contributed by atoms with Gasteiger partial charge in [0.05, 0.1) is 21.7 Å². The van der Waals surface area contributed by atoms with Gasteiger partial charge in [-0.2, -0.15) is 4.36 Å². The number of carbonyl (C=O) groups excluding carboxylic acids is 1. The minimum Gasteiger partial charge on any atom is -0.476 e. The Morgan fingerprint density at radius 1 is 1.29 bits per heavy atom.